The molecule has 2 N–H and O–H groups in total. The Morgan fingerprint density at radius 1 is 0.909 bits per heavy atom. The molecule has 0 fully saturated rings. The van der Waals surface area contributed by atoms with Crippen LogP contribution >= 0.6 is 23.1 Å². The van der Waals surface area contributed by atoms with Crippen LogP contribution in [-0.2, 0) is 4.79 Å². The van der Waals surface area contributed by atoms with Crippen LogP contribution in [0.4, 0.5) is 10.8 Å². The van der Waals surface area contributed by atoms with Gasteiger partial charge in [0.15, 0.2) is 15.8 Å². The monoisotopic (exact) mass is 478 g/mol. The summed E-state index contributed by atoms with van der Waals surface area (Å²) < 4.78 is 11.6. The number of nitrogens with one attached hydrogen (secondary N) is 2. The minimum Gasteiger partial charge on any atom is -0.486 e. The second-order valence-electron chi connectivity index (χ2n) is 7.08. The average Bonchev–Trinajstić information content (AvgIpc) is 3.29. The lowest BCUT2D eigenvalue weighted by atomic mass is 10.1. The van der Waals surface area contributed by atoms with Crippen molar-refractivity contribution in [2.75, 3.05) is 29.6 Å². The lowest BCUT2D eigenvalue weighted by Crippen LogP contribution is -2.17. The van der Waals surface area contributed by atoms with Gasteiger partial charge in [0.25, 0.3) is 5.91 Å². The van der Waals surface area contributed by atoms with Crippen molar-refractivity contribution in [1.82, 2.24) is 10.2 Å². The highest BCUT2D eigenvalue weighted by atomic mass is 32.2. The topological polar surface area (TPSA) is 102 Å². The SMILES string of the molecule is O=C(CSc1nnc(NC(=O)c2ccc3ccccc3c2)s1)Nc1ccc2c(c1)OCCO2. The second kappa shape index (κ2) is 9.47. The summed E-state index contributed by atoms with van der Waals surface area (Å²) in [5.74, 6) is 0.989. The number of thioether (sulfide) groups is 1. The molecule has 166 valence electrons. The smallest absolute Gasteiger partial charge is 0.257 e. The Morgan fingerprint density at radius 3 is 2.61 bits per heavy atom. The van der Waals surface area contributed by atoms with Crippen molar-refractivity contribution in [1.29, 1.82) is 0 Å². The van der Waals surface area contributed by atoms with Gasteiger partial charge in [0, 0.05) is 17.3 Å². The summed E-state index contributed by atoms with van der Waals surface area (Å²) in [4.78, 5) is 24.9. The molecular weight excluding hydrogens is 460 g/mol. The lowest BCUT2D eigenvalue weighted by Gasteiger charge is -2.18. The van der Waals surface area contributed by atoms with Gasteiger partial charge in [0.2, 0.25) is 11.0 Å². The summed E-state index contributed by atoms with van der Waals surface area (Å²) >= 11 is 2.47. The Morgan fingerprint density at radius 2 is 1.73 bits per heavy atom. The number of hydrogen-bond acceptors (Lipinski definition) is 8. The zero-order valence-electron chi connectivity index (χ0n) is 17.2. The predicted molar refractivity (Wildman–Crippen MR) is 129 cm³/mol. The summed E-state index contributed by atoms with van der Waals surface area (Å²) in [5, 5.41) is 16.1. The fraction of sp³-hybridized carbons (Fsp3) is 0.130. The van der Waals surface area contributed by atoms with E-state index in [1.807, 2.05) is 36.4 Å². The van der Waals surface area contributed by atoms with Crippen LogP contribution in [0.2, 0.25) is 0 Å². The molecule has 0 bridgehead atoms. The van der Waals surface area contributed by atoms with E-state index in [1.54, 1.807) is 24.3 Å². The van der Waals surface area contributed by atoms with Crippen molar-refractivity contribution < 1.29 is 19.1 Å². The second-order valence-corrected chi connectivity index (χ2v) is 9.28. The highest BCUT2D eigenvalue weighted by Gasteiger charge is 2.15. The number of anilines is 2. The first-order valence-corrected chi connectivity index (χ1v) is 11.9. The van der Waals surface area contributed by atoms with Crippen molar-refractivity contribution in [3.63, 3.8) is 0 Å². The Hall–Kier alpha value is -3.63. The number of benzene rings is 3. The van der Waals surface area contributed by atoms with Crippen LogP contribution < -0.4 is 20.1 Å². The third kappa shape index (κ3) is 5.07. The van der Waals surface area contributed by atoms with Crippen LogP contribution in [0, 0.1) is 0 Å². The highest BCUT2D eigenvalue weighted by Crippen LogP contribution is 2.33. The molecule has 10 heteroatoms. The fourth-order valence-corrected chi connectivity index (χ4v) is 4.81. The molecule has 8 nitrogen and oxygen atoms in total. The maximum atomic E-state index is 12.6. The van der Waals surface area contributed by atoms with E-state index < -0.39 is 0 Å². The molecule has 0 saturated carbocycles. The van der Waals surface area contributed by atoms with Gasteiger partial charge in [-0.3, -0.25) is 14.9 Å². The van der Waals surface area contributed by atoms with E-state index in [4.69, 9.17) is 9.47 Å². The number of amides is 2. The van der Waals surface area contributed by atoms with Gasteiger partial charge in [-0.2, -0.15) is 0 Å². The van der Waals surface area contributed by atoms with Crippen LogP contribution in [0.3, 0.4) is 0 Å². The van der Waals surface area contributed by atoms with E-state index in [-0.39, 0.29) is 17.6 Å². The molecule has 33 heavy (non-hydrogen) atoms. The molecule has 1 aliphatic rings. The molecule has 2 amide bonds. The Balaban J connectivity index is 1.15. The molecular formula is C23H18N4O4S2. The van der Waals surface area contributed by atoms with Gasteiger partial charge in [-0.15, -0.1) is 10.2 Å². The first-order chi connectivity index (χ1) is 16.1. The van der Waals surface area contributed by atoms with Crippen molar-refractivity contribution >= 4 is 56.5 Å². The summed E-state index contributed by atoms with van der Waals surface area (Å²) in [5.41, 5.74) is 1.17. The first kappa shape index (κ1) is 21.2. The van der Waals surface area contributed by atoms with E-state index in [9.17, 15) is 9.59 Å². The minimum absolute atomic E-state index is 0.154. The summed E-state index contributed by atoms with van der Waals surface area (Å²) in [7, 11) is 0. The molecule has 2 heterocycles. The van der Waals surface area contributed by atoms with E-state index in [1.165, 1.54) is 23.1 Å². The van der Waals surface area contributed by atoms with Crippen molar-refractivity contribution in [3.05, 3.63) is 66.2 Å². The number of aromatic nitrogens is 2. The van der Waals surface area contributed by atoms with E-state index >= 15 is 0 Å². The zero-order valence-corrected chi connectivity index (χ0v) is 18.9. The summed E-state index contributed by atoms with van der Waals surface area (Å²) in [6.45, 7) is 0.999. The van der Waals surface area contributed by atoms with Crippen LogP contribution in [0.15, 0.2) is 65.0 Å². The number of nitrogens with zero attached hydrogens (tertiary/aromatic N) is 2. The van der Waals surface area contributed by atoms with Crippen molar-refractivity contribution in [3.8, 4) is 11.5 Å². The van der Waals surface area contributed by atoms with Gasteiger partial charge in [-0.05, 0) is 35.0 Å². The average molecular weight is 479 g/mol. The highest BCUT2D eigenvalue weighted by molar-refractivity contribution is 8.01. The molecule has 0 saturated heterocycles. The van der Waals surface area contributed by atoms with E-state index in [0.29, 0.717) is 45.4 Å². The molecule has 0 spiro atoms. The van der Waals surface area contributed by atoms with Gasteiger partial charge in [0.1, 0.15) is 13.2 Å². The number of fused-ring (bicyclic) bond motifs is 2. The first-order valence-electron chi connectivity index (χ1n) is 10.1. The van der Waals surface area contributed by atoms with Crippen LogP contribution in [-0.4, -0.2) is 41.0 Å². The summed E-state index contributed by atoms with van der Waals surface area (Å²) in [6, 6.07) is 18.6. The van der Waals surface area contributed by atoms with Crippen LogP contribution in [0.25, 0.3) is 10.8 Å². The molecule has 0 aliphatic carbocycles. The number of carbonyl (C=O) groups excluding carboxylic acids is 2. The van der Waals surface area contributed by atoms with E-state index in [2.05, 4.69) is 20.8 Å². The number of hydrogen-bond donors (Lipinski definition) is 2. The molecule has 1 aromatic heterocycles. The predicted octanol–water partition coefficient (Wildman–Crippen LogP) is 4.45. The lowest BCUT2D eigenvalue weighted by molar-refractivity contribution is -0.113. The van der Waals surface area contributed by atoms with Gasteiger partial charge < -0.3 is 14.8 Å². The van der Waals surface area contributed by atoms with Crippen LogP contribution in [0.5, 0.6) is 11.5 Å². The maximum absolute atomic E-state index is 12.6. The Bertz CT molecular complexity index is 1340. The van der Waals surface area contributed by atoms with Gasteiger partial charge >= 0.3 is 0 Å². The normalized spacial score (nSPS) is 12.4. The molecule has 3 aromatic carbocycles. The number of rotatable bonds is 6. The maximum Gasteiger partial charge on any atom is 0.257 e. The fourth-order valence-electron chi connectivity index (χ4n) is 3.26. The third-order valence-electron chi connectivity index (χ3n) is 4.79. The molecule has 5 rings (SSSR count). The summed E-state index contributed by atoms with van der Waals surface area (Å²) in [6.07, 6.45) is 0. The Kier molecular flexibility index (Phi) is 6.09. The van der Waals surface area contributed by atoms with Gasteiger partial charge in [-0.25, -0.2) is 0 Å². The number of ether oxygens (including phenoxy) is 2. The zero-order chi connectivity index (χ0) is 22.6. The molecule has 0 radical (unpaired) electrons. The molecule has 0 atom stereocenters. The van der Waals surface area contributed by atoms with Crippen molar-refractivity contribution in [2.24, 2.45) is 0 Å². The Labute approximate surface area is 197 Å². The minimum atomic E-state index is -0.259. The van der Waals surface area contributed by atoms with Crippen LogP contribution in [0.1, 0.15) is 10.4 Å². The van der Waals surface area contributed by atoms with Gasteiger partial charge in [0.05, 0.1) is 5.75 Å². The number of carbonyl (C=O) groups is 2. The van der Waals surface area contributed by atoms with Crippen molar-refractivity contribution in [2.45, 2.75) is 4.34 Å². The quantitative estimate of drug-likeness (QED) is 0.312. The standard InChI is InChI=1S/C23H18N4O4S2/c28-20(24-17-7-8-18-19(12-17)31-10-9-30-18)13-32-23-27-26-22(33-23)25-21(29)16-6-5-14-3-1-2-4-15(14)11-16/h1-8,11-12H,9-10,13H2,(H,24,28)(H,25,26,29). The molecule has 0 unspecified atom stereocenters. The largest absolute Gasteiger partial charge is 0.486 e. The van der Waals surface area contributed by atoms with E-state index in [0.717, 1.165) is 10.8 Å². The third-order valence-corrected chi connectivity index (χ3v) is 6.76. The molecule has 4 aromatic rings. The molecule has 1 aliphatic heterocycles. The van der Waals surface area contributed by atoms with Gasteiger partial charge in [-0.1, -0.05) is 53.4 Å².